The molecule has 3 heteroatoms. The summed E-state index contributed by atoms with van der Waals surface area (Å²) in [5, 5.41) is 6.92. The predicted molar refractivity (Wildman–Crippen MR) is 66.3 cm³/mol. The molecule has 0 bridgehead atoms. The molecule has 0 spiro atoms. The maximum Gasteiger partial charge on any atom is 0.0466 e. The minimum Gasteiger partial charge on any atom is -0.382 e. The fraction of sp³-hybridized carbons (Fsp3) is 1.00. The van der Waals surface area contributed by atoms with E-state index in [4.69, 9.17) is 4.74 Å². The van der Waals surface area contributed by atoms with Gasteiger partial charge in [0.15, 0.2) is 0 Å². The van der Waals surface area contributed by atoms with Crippen LogP contribution in [0.5, 0.6) is 0 Å². The van der Waals surface area contributed by atoms with Crippen LogP contribution in [0.3, 0.4) is 0 Å². The van der Waals surface area contributed by atoms with Crippen molar-refractivity contribution in [1.29, 1.82) is 0 Å². The van der Waals surface area contributed by atoms with E-state index < -0.39 is 0 Å². The summed E-state index contributed by atoms with van der Waals surface area (Å²) in [7, 11) is 0. The first-order chi connectivity index (χ1) is 7.16. The largest absolute Gasteiger partial charge is 0.382 e. The highest BCUT2D eigenvalue weighted by atomic mass is 16.5. The van der Waals surface area contributed by atoms with Crippen molar-refractivity contribution in [1.82, 2.24) is 10.6 Å². The average Bonchev–Trinajstić information content (AvgIpc) is 2.20. The van der Waals surface area contributed by atoms with E-state index in [0.717, 1.165) is 32.7 Å². The Labute approximate surface area is 95.0 Å². The van der Waals surface area contributed by atoms with E-state index in [1.807, 2.05) is 6.92 Å². The standard InChI is InChI=1S/C12H28N2O/c1-5-15-9-7-6-8-13-12(4)10-14-11(2)3/h11-14H,5-10H2,1-4H3. The van der Waals surface area contributed by atoms with Gasteiger partial charge in [-0.2, -0.15) is 0 Å². The quantitative estimate of drug-likeness (QED) is 0.546. The maximum absolute atomic E-state index is 5.28. The highest BCUT2D eigenvalue weighted by Gasteiger charge is 2.00. The van der Waals surface area contributed by atoms with E-state index >= 15 is 0 Å². The Morgan fingerprint density at radius 2 is 1.80 bits per heavy atom. The lowest BCUT2D eigenvalue weighted by molar-refractivity contribution is 0.143. The molecule has 2 N–H and O–H groups in total. The number of unbranched alkanes of at least 4 members (excludes halogenated alkanes) is 1. The molecular formula is C12H28N2O. The van der Waals surface area contributed by atoms with Gasteiger partial charge >= 0.3 is 0 Å². The Kier molecular flexibility index (Phi) is 10.3. The van der Waals surface area contributed by atoms with Gasteiger partial charge in [0.1, 0.15) is 0 Å². The lowest BCUT2D eigenvalue weighted by Crippen LogP contribution is -2.39. The first-order valence-electron chi connectivity index (χ1n) is 6.21. The molecule has 3 nitrogen and oxygen atoms in total. The van der Waals surface area contributed by atoms with Gasteiger partial charge in [-0.3, -0.25) is 0 Å². The van der Waals surface area contributed by atoms with Gasteiger partial charge in [-0.25, -0.2) is 0 Å². The Hall–Kier alpha value is -0.120. The average molecular weight is 216 g/mol. The van der Waals surface area contributed by atoms with Crippen molar-refractivity contribution in [2.45, 2.75) is 52.6 Å². The Morgan fingerprint density at radius 1 is 1.07 bits per heavy atom. The van der Waals surface area contributed by atoms with Crippen molar-refractivity contribution in [3.63, 3.8) is 0 Å². The summed E-state index contributed by atoms with van der Waals surface area (Å²) in [6.07, 6.45) is 2.36. The normalized spacial score (nSPS) is 13.4. The Bertz CT molecular complexity index is 129. The minimum absolute atomic E-state index is 0.555. The SMILES string of the molecule is CCOCCCCNC(C)CNC(C)C. The van der Waals surface area contributed by atoms with Gasteiger partial charge in [0, 0.05) is 31.8 Å². The minimum atomic E-state index is 0.555. The fourth-order valence-corrected chi connectivity index (χ4v) is 1.31. The zero-order chi connectivity index (χ0) is 11.5. The monoisotopic (exact) mass is 216 g/mol. The van der Waals surface area contributed by atoms with E-state index in [-0.39, 0.29) is 0 Å². The summed E-state index contributed by atoms with van der Waals surface area (Å²) in [4.78, 5) is 0. The molecule has 0 aromatic carbocycles. The third kappa shape index (κ3) is 11.8. The van der Waals surface area contributed by atoms with Gasteiger partial charge in [-0.15, -0.1) is 0 Å². The van der Waals surface area contributed by atoms with Gasteiger partial charge in [0.2, 0.25) is 0 Å². The molecule has 0 aliphatic heterocycles. The molecule has 0 heterocycles. The summed E-state index contributed by atoms with van der Waals surface area (Å²) < 4.78 is 5.28. The molecule has 92 valence electrons. The zero-order valence-electron chi connectivity index (χ0n) is 10.8. The highest BCUT2D eigenvalue weighted by molar-refractivity contribution is 4.65. The molecule has 15 heavy (non-hydrogen) atoms. The summed E-state index contributed by atoms with van der Waals surface area (Å²) in [5.74, 6) is 0. The second-order valence-corrected chi connectivity index (χ2v) is 4.32. The van der Waals surface area contributed by atoms with Crippen molar-refractivity contribution < 1.29 is 4.74 Å². The van der Waals surface area contributed by atoms with Crippen molar-refractivity contribution in [2.24, 2.45) is 0 Å². The molecular weight excluding hydrogens is 188 g/mol. The molecule has 1 unspecified atom stereocenters. The summed E-state index contributed by atoms with van der Waals surface area (Å²) in [6.45, 7) is 12.5. The summed E-state index contributed by atoms with van der Waals surface area (Å²) >= 11 is 0. The molecule has 0 amide bonds. The van der Waals surface area contributed by atoms with E-state index in [1.165, 1.54) is 6.42 Å². The van der Waals surface area contributed by atoms with Crippen molar-refractivity contribution in [3.8, 4) is 0 Å². The topological polar surface area (TPSA) is 33.3 Å². The number of ether oxygens (including phenoxy) is 1. The van der Waals surface area contributed by atoms with Crippen LogP contribution in [0.25, 0.3) is 0 Å². The highest BCUT2D eigenvalue weighted by Crippen LogP contribution is 1.90. The van der Waals surface area contributed by atoms with E-state index in [2.05, 4.69) is 31.4 Å². The molecule has 0 radical (unpaired) electrons. The molecule has 1 atom stereocenters. The van der Waals surface area contributed by atoms with E-state index in [1.54, 1.807) is 0 Å². The van der Waals surface area contributed by atoms with Crippen LogP contribution in [-0.4, -0.2) is 38.4 Å². The molecule has 0 aliphatic rings. The van der Waals surface area contributed by atoms with E-state index in [0.29, 0.717) is 12.1 Å². The van der Waals surface area contributed by atoms with Crippen LogP contribution in [0.2, 0.25) is 0 Å². The molecule has 0 fully saturated rings. The van der Waals surface area contributed by atoms with Crippen LogP contribution in [0.4, 0.5) is 0 Å². The third-order valence-corrected chi connectivity index (χ3v) is 2.24. The lowest BCUT2D eigenvalue weighted by Gasteiger charge is -2.16. The van der Waals surface area contributed by atoms with Gasteiger partial charge in [0.25, 0.3) is 0 Å². The number of nitrogens with one attached hydrogen (secondary N) is 2. The number of rotatable bonds is 10. The fourth-order valence-electron chi connectivity index (χ4n) is 1.31. The lowest BCUT2D eigenvalue weighted by atomic mass is 10.2. The third-order valence-electron chi connectivity index (χ3n) is 2.24. The molecule has 0 rings (SSSR count). The van der Waals surface area contributed by atoms with Crippen molar-refractivity contribution >= 4 is 0 Å². The van der Waals surface area contributed by atoms with Crippen molar-refractivity contribution in [3.05, 3.63) is 0 Å². The van der Waals surface area contributed by atoms with Crippen LogP contribution in [0.15, 0.2) is 0 Å². The zero-order valence-corrected chi connectivity index (χ0v) is 10.8. The summed E-state index contributed by atoms with van der Waals surface area (Å²) in [6, 6.07) is 1.13. The van der Waals surface area contributed by atoms with Crippen LogP contribution < -0.4 is 10.6 Å². The number of hydrogen-bond acceptors (Lipinski definition) is 3. The smallest absolute Gasteiger partial charge is 0.0466 e. The molecule has 0 aromatic rings. The summed E-state index contributed by atoms with van der Waals surface area (Å²) in [5.41, 5.74) is 0. The number of hydrogen-bond donors (Lipinski definition) is 2. The van der Waals surface area contributed by atoms with Crippen LogP contribution in [0.1, 0.15) is 40.5 Å². The van der Waals surface area contributed by atoms with Crippen LogP contribution in [0, 0.1) is 0 Å². The molecule has 0 saturated carbocycles. The van der Waals surface area contributed by atoms with Gasteiger partial charge < -0.3 is 15.4 Å². The Balaban J connectivity index is 3.13. The Morgan fingerprint density at radius 3 is 2.40 bits per heavy atom. The second kappa shape index (κ2) is 10.4. The first kappa shape index (κ1) is 14.9. The predicted octanol–water partition coefficient (Wildman–Crippen LogP) is 1.78. The van der Waals surface area contributed by atoms with Gasteiger partial charge in [-0.05, 0) is 33.2 Å². The van der Waals surface area contributed by atoms with Crippen LogP contribution in [-0.2, 0) is 4.74 Å². The van der Waals surface area contributed by atoms with Crippen LogP contribution >= 0.6 is 0 Å². The van der Waals surface area contributed by atoms with Crippen molar-refractivity contribution in [2.75, 3.05) is 26.3 Å². The molecule has 0 aromatic heterocycles. The van der Waals surface area contributed by atoms with Gasteiger partial charge in [-0.1, -0.05) is 13.8 Å². The first-order valence-corrected chi connectivity index (χ1v) is 6.21. The maximum atomic E-state index is 5.28. The molecule has 0 aliphatic carbocycles. The van der Waals surface area contributed by atoms with Gasteiger partial charge in [0.05, 0.1) is 0 Å². The van der Waals surface area contributed by atoms with E-state index in [9.17, 15) is 0 Å². The molecule has 0 saturated heterocycles. The second-order valence-electron chi connectivity index (χ2n) is 4.32.